The van der Waals surface area contributed by atoms with Crippen molar-refractivity contribution in [2.45, 2.75) is 40.4 Å². The molecule has 2 heteroatoms. The molecule has 3 rings (SSSR count). The summed E-state index contributed by atoms with van der Waals surface area (Å²) >= 11 is 0. The topological polar surface area (TPSA) is 20.2 Å². The Morgan fingerprint density at radius 2 is 0.885 bits per heavy atom. The number of aliphatic hydroxyl groups is 1. The molecule has 0 radical (unpaired) electrons. The summed E-state index contributed by atoms with van der Waals surface area (Å²) in [4.78, 5) is 4.29. The van der Waals surface area contributed by atoms with Crippen molar-refractivity contribution in [2.24, 2.45) is 0 Å². The van der Waals surface area contributed by atoms with Gasteiger partial charge in [-0.1, -0.05) is 67.4 Å². The van der Waals surface area contributed by atoms with E-state index in [4.69, 9.17) is 5.11 Å². The zero-order valence-corrected chi connectivity index (χ0v) is 16.1. The van der Waals surface area contributed by atoms with E-state index in [9.17, 15) is 0 Å². The van der Waals surface area contributed by atoms with Crippen molar-refractivity contribution < 1.29 is 5.11 Å². The average Bonchev–Trinajstić information content (AvgIpc) is 2.73. The van der Waals surface area contributed by atoms with E-state index in [0.717, 1.165) is 18.6 Å². The molecule has 0 bridgehead atoms. The molecule has 1 nitrogen and oxygen atoms in total. The minimum Gasteiger partial charge on any atom is -0.396 e. The fourth-order valence-corrected chi connectivity index (χ4v) is 7.53. The van der Waals surface area contributed by atoms with E-state index < -0.39 is 10.0 Å². The quantitative estimate of drug-likeness (QED) is 0.428. The molecule has 0 heterocycles. The second kappa shape index (κ2) is 9.61. The van der Waals surface area contributed by atoms with E-state index in [1.807, 2.05) is 0 Å². The van der Waals surface area contributed by atoms with Gasteiger partial charge in [-0.3, -0.25) is 0 Å². The van der Waals surface area contributed by atoms with Crippen LogP contribution in [0.25, 0.3) is 0 Å². The molecule has 1 N–H and O–H groups in total. The van der Waals surface area contributed by atoms with Gasteiger partial charge in [-0.05, 0) is 69.7 Å². The molecule has 136 valence electrons. The van der Waals surface area contributed by atoms with E-state index >= 15 is 0 Å². The maximum absolute atomic E-state index is 9.06. The first-order valence-electron chi connectivity index (χ1n) is 9.45. The largest absolute Gasteiger partial charge is 0.396 e. The molecule has 0 unspecified atom stereocenters. The molecule has 0 aromatic heterocycles. The predicted octanol–water partition coefficient (Wildman–Crippen LogP) is 6.52. The third-order valence-corrected chi connectivity index (χ3v) is 8.93. The summed E-state index contributed by atoms with van der Waals surface area (Å²) in [6.45, 7) is 0.300. The van der Waals surface area contributed by atoms with Gasteiger partial charge in [-0.2, -0.15) is 10.0 Å². The van der Waals surface area contributed by atoms with Gasteiger partial charge in [0.25, 0.3) is 0 Å². The second-order valence-electron chi connectivity index (χ2n) is 6.52. The minimum absolute atomic E-state index is 0.300. The van der Waals surface area contributed by atoms with Crippen molar-refractivity contribution in [2.75, 3.05) is 12.4 Å². The van der Waals surface area contributed by atoms with Crippen LogP contribution in [0, 0.1) is 0 Å². The molecular weight excluding hydrogens is 336 g/mol. The molecular formula is C24H28OS. The first-order valence-corrected chi connectivity index (χ1v) is 11.3. The Labute approximate surface area is 159 Å². The molecule has 0 aliphatic rings. The van der Waals surface area contributed by atoms with Crippen molar-refractivity contribution >= 4 is 10.0 Å². The molecule has 0 aliphatic heterocycles. The smallest absolute Gasteiger partial charge is 0.0431 e. The van der Waals surface area contributed by atoms with Crippen LogP contribution in [0.2, 0.25) is 0 Å². The zero-order chi connectivity index (χ0) is 18.1. The Balaban J connectivity index is 2.06. The summed E-state index contributed by atoms with van der Waals surface area (Å²) in [6.07, 6.45) is 4.35. The fourth-order valence-electron chi connectivity index (χ4n) is 3.50. The first kappa shape index (κ1) is 18.8. The van der Waals surface area contributed by atoms with Crippen LogP contribution < -0.4 is 0 Å². The zero-order valence-electron chi connectivity index (χ0n) is 15.3. The van der Waals surface area contributed by atoms with Crippen LogP contribution in [0.1, 0.15) is 25.7 Å². The summed E-state index contributed by atoms with van der Waals surface area (Å²) in [7, 11) is -1.28. The van der Waals surface area contributed by atoms with Gasteiger partial charge in [-0.25, -0.2) is 0 Å². The predicted molar refractivity (Wildman–Crippen MR) is 112 cm³/mol. The van der Waals surface area contributed by atoms with Crippen LogP contribution >= 0.6 is 10.0 Å². The van der Waals surface area contributed by atoms with Gasteiger partial charge in [-0.15, -0.1) is 0 Å². The number of rotatable bonds is 9. The van der Waals surface area contributed by atoms with Gasteiger partial charge in [0.05, 0.1) is 0 Å². The number of hydrogen-bond donors (Lipinski definition) is 1. The Kier molecular flexibility index (Phi) is 6.93. The van der Waals surface area contributed by atoms with Crippen molar-refractivity contribution in [1.82, 2.24) is 0 Å². The Bertz CT molecular complexity index is 659. The lowest BCUT2D eigenvalue weighted by Gasteiger charge is -2.42. The van der Waals surface area contributed by atoms with Gasteiger partial charge in [0.15, 0.2) is 0 Å². The third-order valence-electron chi connectivity index (χ3n) is 4.80. The molecule has 0 spiro atoms. The normalized spacial score (nSPS) is 12.0. The van der Waals surface area contributed by atoms with Gasteiger partial charge in [0.2, 0.25) is 0 Å². The molecule has 3 aromatic carbocycles. The van der Waals surface area contributed by atoms with Crippen LogP contribution in [-0.2, 0) is 0 Å². The first-order chi connectivity index (χ1) is 12.9. The van der Waals surface area contributed by atoms with Crippen molar-refractivity contribution in [3.05, 3.63) is 91.0 Å². The van der Waals surface area contributed by atoms with Crippen LogP contribution in [0.15, 0.2) is 106 Å². The van der Waals surface area contributed by atoms with Crippen LogP contribution in [0.4, 0.5) is 0 Å². The number of benzene rings is 3. The summed E-state index contributed by atoms with van der Waals surface area (Å²) in [5, 5.41) is 9.06. The van der Waals surface area contributed by atoms with E-state index in [2.05, 4.69) is 91.0 Å². The summed E-state index contributed by atoms with van der Waals surface area (Å²) in [6, 6.07) is 33.0. The molecule has 0 saturated heterocycles. The second-order valence-corrected chi connectivity index (χ2v) is 9.82. The Hall–Kier alpha value is -2.03. The van der Waals surface area contributed by atoms with E-state index in [1.165, 1.54) is 27.5 Å². The molecule has 3 aromatic rings. The number of hydrogen-bond acceptors (Lipinski definition) is 1. The monoisotopic (exact) mass is 364 g/mol. The molecule has 0 amide bonds. The third kappa shape index (κ3) is 4.20. The summed E-state index contributed by atoms with van der Waals surface area (Å²) in [5.74, 6) is 1.15. The van der Waals surface area contributed by atoms with E-state index in [1.54, 1.807) is 0 Å². The lowest BCUT2D eigenvalue weighted by atomic mass is 10.2. The van der Waals surface area contributed by atoms with Crippen LogP contribution in [0.3, 0.4) is 0 Å². The van der Waals surface area contributed by atoms with Crippen molar-refractivity contribution in [1.29, 1.82) is 0 Å². The minimum atomic E-state index is -1.28. The maximum Gasteiger partial charge on any atom is 0.0431 e. The van der Waals surface area contributed by atoms with Crippen molar-refractivity contribution in [3.63, 3.8) is 0 Å². The van der Waals surface area contributed by atoms with Gasteiger partial charge < -0.3 is 5.11 Å². The highest BCUT2D eigenvalue weighted by molar-refractivity contribution is 8.33. The van der Waals surface area contributed by atoms with Crippen LogP contribution in [0.5, 0.6) is 0 Å². The van der Waals surface area contributed by atoms with Crippen molar-refractivity contribution in [3.8, 4) is 0 Å². The Morgan fingerprint density at radius 1 is 0.500 bits per heavy atom. The summed E-state index contributed by atoms with van der Waals surface area (Å²) in [5.41, 5.74) is 0. The van der Waals surface area contributed by atoms with E-state index in [-0.39, 0.29) is 0 Å². The standard InChI is InChI=1S/C24H28OS/c25-20-12-1-2-13-21-26(22-14-6-3-7-15-22,23-16-8-4-9-17-23)24-18-10-5-11-19-24/h3-11,14-19,25H,1-2,12-13,20-21H2. The maximum atomic E-state index is 9.06. The highest BCUT2D eigenvalue weighted by atomic mass is 32.3. The molecule has 0 fully saturated rings. The molecule has 0 aliphatic carbocycles. The highest BCUT2D eigenvalue weighted by Crippen LogP contribution is 2.68. The molecule has 0 saturated carbocycles. The lowest BCUT2D eigenvalue weighted by Crippen LogP contribution is -2.08. The van der Waals surface area contributed by atoms with Crippen LogP contribution in [-0.4, -0.2) is 17.5 Å². The molecule has 0 atom stereocenters. The number of unbranched alkanes of at least 4 members (excludes halogenated alkanes) is 3. The van der Waals surface area contributed by atoms with Gasteiger partial charge in [0.1, 0.15) is 0 Å². The molecule has 26 heavy (non-hydrogen) atoms. The van der Waals surface area contributed by atoms with E-state index in [0.29, 0.717) is 6.61 Å². The number of aliphatic hydroxyl groups excluding tert-OH is 1. The van der Waals surface area contributed by atoms with Gasteiger partial charge >= 0.3 is 0 Å². The summed E-state index contributed by atoms with van der Waals surface area (Å²) < 4.78 is 0. The van der Waals surface area contributed by atoms with Gasteiger partial charge in [0, 0.05) is 6.61 Å². The SMILES string of the molecule is OCCCCCCS(c1ccccc1)(c1ccccc1)c1ccccc1. The highest BCUT2D eigenvalue weighted by Gasteiger charge is 2.30. The average molecular weight is 365 g/mol. The lowest BCUT2D eigenvalue weighted by molar-refractivity contribution is 0.283. The fraction of sp³-hybridized carbons (Fsp3) is 0.250. The Morgan fingerprint density at radius 3 is 1.27 bits per heavy atom.